The first kappa shape index (κ1) is 28.5. The molecule has 3 aromatic carbocycles. The Bertz CT molecular complexity index is 1790. The molecule has 1 saturated heterocycles. The van der Waals surface area contributed by atoms with Gasteiger partial charge in [-0.1, -0.05) is 60.7 Å². The van der Waals surface area contributed by atoms with Crippen molar-refractivity contribution in [3.05, 3.63) is 108 Å². The summed E-state index contributed by atoms with van der Waals surface area (Å²) in [7, 11) is -8.29. The van der Waals surface area contributed by atoms with Gasteiger partial charge in [0.2, 0.25) is 26.0 Å². The number of aromatic amines is 1. The zero-order valence-corrected chi connectivity index (χ0v) is 22.7. The number of amides is 1. The third-order valence-corrected chi connectivity index (χ3v) is 9.74. The lowest BCUT2D eigenvalue weighted by Crippen LogP contribution is -2.31. The van der Waals surface area contributed by atoms with Crippen LogP contribution >= 0.6 is 0 Å². The van der Waals surface area contributed by atoms with E-state index in [0.29, 0.717) is 22.9 Å². The van der Waals surface area contributed by atoms with Crippen LogP contribution in [0, 0.1) is 0 Å². The molecule has 0 radical (unpaired) electrons. The summed E-state index contributed by atoms with van der Waals surface area (Å²) in [6.07, 6.45) is -3.40. The Labute approximate surface area is 233 Å². The van der Waals surface area contributed by atoms with Gasteiger partial charge in [-0.15, -0.1) is 0 Å². The Morgan fingerprint density at radius 1 is 1.00 bits per heavy atom. The summed E-state index contributed by atoms with van der Waals surface area (Å²) < 4.78 is 95.2. The minimum Gasteiger partial charge on any atom is -0.341 e. The number of hydrogen-bond donors (Lipinski definition) is 3. The van der Waals surface area contributed by atoms with Crippen molar-refractivity contribution in [2.24, 2.45) is 0 Å². The number of carbonyl (C=O) groups excluding carboxylic acids is 1. The molecule has 0 aliphatic carbocycles. The lowest BCUT2D eigenvalue weighted by molar-refractivity contribution is -0.137. The van der Waals surface area contributed by atoms with Crippen LogP contribution in [0.15, 0.2) is 90.0 Å². The number of nitrogens with zero attached hydrogens (tertiary/aromatic N) is 1. The van der Waals surface area contributed by atoms with Gasteiger partial charge in [0.15, 0.2) is 0 Å². The summed E-state index contributed by atoms with van der Waals surface area (Å²) in [6, 6.07) is 17.8. The van der Waals surface area contributed by atoms with Crippen LogP contribution in [0.4, 0.5) is 13.2 Å². The highest BCUT2D eigenvalue weighted by molar-refractivity contribution is 7.90. The van der Waals surface area contributed by atoms with Crippen LogP contribution in [0.1, 0.15) is 40.2 Å². The Hall–Kier alpha value is -4.01. The smallest absolute Gasteiger partial charge is 0.341 e. The summed E-state index contributed by atoms with van der Waals surface area (Å²) in [6.45, 7) is 0. The monoisotopic (exact) mass is 604 g/mol. The van der Waals surface area contributed by atoms with Crippen molar-refractivity contribution >= 4 is 26.0 Å². The van der Waals surface area contributed by atoms with Crippen molar-refractivity contribution < 1.29 is 34.8 Å². The fourth-order valence-corrected chi connectivity index (χ4v) is 7.19. The topological polar surface area (TPSA) is 138 Å². The van der Waals surface area contributed by atoms with Crippen molar-refractivity contribution in [1.82, 2.24) is 19.4 Å². The van der Waals surface area contributed by atoms with Crippen molar-refractivity contribution in [1.29, 1.82) is 0 Å². The molecule has 1 amide bonds. The molecule has 0 spiro atoms. The lowest BCUT2D eigenvalue weighted by Gasteiger charge is -2.18. The van der Waals surface area contributed by atoms with Gasteiger partial charge in [-0.3, -0.25) is 9.52 Å². The van der Waals surface area contributed by atoms with E-state index in [9.17, 15) is 34.8 Å². The molecule has 0 saturated carbocycles. The highest BCUT2D eigenvalue weighted by Gasteiger charge is 2.38. The van der Waals surface area contributed by atoms with Gasteiger partial charge in [-0.2, -0.15) is 13.2 Å². The quantitative estimate of drug-likeness (QED) is 0.275. The highest BCUT2D eigenvalue weighted by atomic mass is 32.2. The summed E-state index contributed by atoms with van der Waals surface area (Å²) >= 11 is 0. The van der Waals surface area contributed by atoms with Gasteiger partial charge in [0.25, 0.3) is 0 Å². The number of benzene rings is 3. The lowest BCUT2D eigenvalue weighted by atomic mass is 10.0. The molecular weight excluding hydrogens is 581 g/mol. The second-order valence-corrected chi connectivity index (χ2v) is 13.0. The average molecular weight is 605 g/mol. The summed E-state index contributed by atoms with van der Waals surface area (Å²) in [5.41, 5.74) is 1.25. The minimum absolute atomic E-state index is 0.0226. The van der Waals surface area contributed by atoms with Crippen molar-refractivity contribution in [3.8, 4) is 11.3 Å². The van der Waals surface area contributed by atoms with Gasteiger partial charge in [-0.25, -0.2) is 26.5 Å². The summed E-state index contributed by atoms with van der Waals surface area (Å²) in [5, 5.41) is -1.04. The van der Waals surface area contributed by atoms with Crippen LogP contribution in [0.5, 0.6) is 0 Å². The van der Waals surface area contributed by atoms with Crippen molar-refractivity contribution in [3.63, 3.8) is 0 Å². The first-order valence-corrected chi connectivity index (χ1v) is 15.3. The normalized spacial score (nSPS) is 17.7. The molecule has 1 fully saturated rings. The van der Waals surface area contributed by atoms with Crippen LogP contribution in [-0.4, -0.2) is 32.7 Å². The Kier molecular flexibility index (Phi) is 7.48. The largest absolute Gasteiger partial charge is 0.416 e. The number of carbonyl (C=O) groups is 1. The maximum Gasteiger partial charge on any atom is 0.416 e. The molecule has 2 atom stereocenters. The molecule has 1 aliphatic rings. The predicted octanol–water partition coefficient (Wildman–Crippen LogP) is 4.25. The zero-order chi connectivity index (χ0) is 29.4. The maximum absolute atomic E-state index is 13.3. The van der Waals surface area contributed by atoms with Gasteiger partial charge < -0.3 is 4.98 Å². The standard InChI is InChI=1S/C27H23F3N4O5S2/c28-27(29,30)20-7-4-8-21(14-20)40(36,37)33-22(26-31-16-23(32-26)18-5-2-1-3-6-18)13-17-9-11-19(12-10-17)24-15-25(35)34-41(24,38)39/h1-12,14,16,22,24,33H,13,15H2,(H,31,32)(H,34,35)/t22-,24-/m0/s1. The van der Waals surface area contributed by atoms with Crippen LogP contribution in [0.3, 0.4) is 0 Å². The zero-order valence-electron chi connectivity index (χ0n) is 21.1. The molecule has 0 bridgehead atoms. The second kappa shape index (κ2) is 10.8. The molecule has 1 aliphatic heterocycles. The molecule has 41 heavy (non-hydrogen) atoms. The molecular formula is C27H23F3N4O5S2. The van der Waals surface area contributed by atoms with Gasteiger partial charge in [0.1, 0.15) is 11.1 Å². The number of aromatic nitrogens is 2. The van der Waals surface area contributed by atoms with E-state index in [1.54, 1.807) is 12.1 Å². The molecule has 0 unspecified atom stereocenters. The Balaban J connectivity index is 1.46. The van der Waals surface area contributed by atoms with Gasteiger partial charge in [-0.05, 0) is 41.3 Å². The summed E-state index contributed by atoms with van der Waals surface area (Å²) in [4.78, 5) is 18.5. The predicted molar refractivity (Wildman–Crippen MR) is 143 cm³/mol. The van der Waals surface area contributed by atoms with Crippen LogP contribution in [0.2, 0.25) is 0 Å². The van der Waals surface area contributed by atoms with Crippen LogP contribution < -0.4 is 9.44 Å². The minimum atomic E-state index is -4.73. The van der Waals surface area contributed by atoms with E-state index in [-0.39, 0.29) is 18.7 Å². The highest BCUT2D eigenvalue weighted by Crippen LogP contribution is 2.32. The third-order valence-electron chi connectivity index (χ3n) is 6.57. The molecule has 3 N–H and O–H groups in total. The summed E-state index contributed by atoms with van der Waals surface area (Å²) in [5.74, 6) is -0.383. The van der Waals surface area contributed by atoms with Crippen LogP contribution in [-0.2, 0) is 37.4 Å². The van der Waals surface area contributed by atoms with Crippen molar-refractivity contribution in [2.45, 2.75) is 35.2 Å². The van der Waals surface area contributed by atoms with Gasteiger partial charge in [0.05, 0.1) is 34.8 Å². The van der Waals surface area contributed by atoms with Gasteiger partial charge in [0, 0.05) is 0 Å². The fourth-order valence-electron chi connectivity index (χ4n) is 4.52. The molecule has 5 rings (SSSR count). The first-order valence-electron chi connectivity index (χ1n) is 12.2. The number of sulfonamides is 2. The fraction of sp³-hybridized carbons (Fsp3) is 0.185. The number of rotatable bonds is 8. The van der Waals surface area contributed by atoms with E-state index in [1.807, 2.05) is 35.1 Å². The molecule has 2 heterocycles. The second-order valence-electron chi connectivity index (χ2n) is 9.46. The Morgan fingerprint density at radius 3 is 2.34 bits per heavy atom. The van der Waals surface area contributed by atoms with Gasteiger partial charge >= 0.3 is 6.18 Å². The maximum atomic E-state index is 13.3. The van der Waals surface area contributed by atoms with E-state index >= 15 is 0 Å². The number of nitrogens with one attached hydrogen (secondary N) is 3. The van der Waals surface area contributed by atoms with Crippen molar-refractivity contribution in [2.75, 3.05) is 0 Å². The molecule has 14 heteroatoms. The average Bonchev–Trinajstić information content (AvgIpc) is 3.52. The van der Waals surface area contributed by atoms with E-state index in [2.05, 4.69) is 14.7 Å². The van der Waals surface area contributed by atoms with E-state index in [1.165, 1.54) is 18.3 Å². The van der Waals surface area contributed by atoms with E-state index < -0.39 is 53.9 Å². The number of hydrogen-bond acceptors (Lipinski definition) is 6. The van der Waals surface area contributed by atoms with Crippen LogP contribution in [0.25, 0.3) is 11.3 Å². The molecule has 4 aromatic rings. The first-order chi connectivity index (χ1) is 19.3. The number of halogens is 3. The van der Waals surface area contributed by atoms with E-state index in [4.69, 9.17) is 0 Å². The SMILES string of the molecule is O=C1C[C@@H](c2ccc(C[C@H](NS(=O)(=O)c3cccc(C(F)(F)F)c3)c3ncc(-c4ccccc4)[nH]3)cc2)S(=O)(=O)N1. The van der Waals surface area contributed by atoms with E-state index in [0.717, 1.165) is 23.8 Å². The molecule has 9 nitrogen and oxygen atoms in total. The number of H-pyrrole nitrogens is 1. The number of alkyl halides is 3. The Morgan fingerprint density at radius 2 is 1.71 bits per heavy atom. The molecule has 1 aromatic heterocycles. The molecule has 214 valence electrons. The number of imidazole rings is 1. The third kappa shape index (κ3) is 6.34.